The molecule has 2 heteroatoms. The molecule has 0 N–H and O–H groups in total. The molecule has 0 aromatic carbocycles. The summed E-state index contributed by atoms with van der Waals surface area (Å²) in [6, 6.07) is 0. The van der Waals surface area contributed by atoms with Gasteiger partial charge in [0.05, 0.1) is 5.60 Å². The van der Waals surface area contributed by atoms with E-state index in [0.29, 0.717) is 6.42 Å². The Labute approximate surface area is 56.2 Å². The van der Waals surface area contributed by atoms with Crippen LogP contribution in [0.3, 0.4) is 0 Å². The topological polar surface area (TPSA) is 26.3 Å². The monoisotopic (exact) mass is 130 g/mol. The Morgan fingerprint density at radius 1 is 1.56 bits per heavy atom. The molecular weight excluding hydrogens is 116 g/mol. The van der Waals surface area contributed by atoms with Gasteiger partial charge in [0, 0.05) is 13.5 Å². The highest BCUT2D eigenvalue weighted by Crippen LogP contribution is 2.13. The normalized spacial score (nSPS) is 11.4. The van der Waals surface area contributed by atoms with Gasteiger partial charge in [-0.25, -0.2) is 0 Å². The Kier molecular flexibility index (Phi) is 3.47. The predicted molar refractivity (Wildman–Crippen MR) is 36.4 cm³/mol. The molecule has 0 fully saturated rings. The Balaban J connectivity index is 3.44. The molecule has 0 aromatic rings. The lowest BCUT2D eigenvalue weighted by atomic mass is 10.0. The quantitative estimate of drug-likeness (QED) is 0.537. The summed E-state index contributed by atoms with van der Waals surface area (Å²) in [6.07, 6.45) is 2.30. The van der Waals surface area contributed by atoms with Gasteiger partial charge in [-0.05, 0) is 20.3 Å². The number of aldehydes is 1. The zero-order valence-corrected chi connectivity index (χ0v) is 6.31. The average molecular weight is 130 g/mol. The van der Waals surface area contributed by atoms with E-state index in [1.54, 1.807) is 7.11 Å². The van der Waals surface area contributed by atoms with E-state index >= 15 is 0 Å². The van der Waals surface area contributed by atoms with Crippen LogP contribution in [0.2, 0.25) is 0 Å². The Bertz CT molecular complexity index is 86.9. The van der Waals surface area contributed by atoms with Crippen LogP contribution in [0.15, 0.2) is 0 Å². The summed E-state index contributed by atoms with van der Waals surface area (Å²) in [7, 11) is 1.66. The van der Waals surface area contributed by atoms with Crippen LogP contribution in [0, 0.1) is 0 Å². The molecule has 0 heterocycles. The number of carbonyl (C=O) groups excluding carboxylic acids is 1. The number of carbonyl (C=O) groups is 1. The van der Waals surface area contributed by atoms with Crippen LogP contribution in [0.25, 0.3) is 0 Å². The summed E-state index contributed by atoms with van der Waals surface area (Å²) in [5, 5.41) is 0. The largest absolute Gasteiger partial charge is 0.379 e. The van der Waals surface area contributed by atoms with Crippen LogP contribution in [0.1, 0.15) is 26.7 Å². The summed E-state index contributed by atoms with van der Waals surface area (Å²) < 4.78 is 5.08. The molecule has 0 amide bonds. The maximum atomic E-state index is 9.91. The summed E-state index contributed by atoms with van der Waals surface area (Å²) >= 11 is 0. The van der Waals surface area contributed by atoms with Crippen molar-refractivity contribution in [2.75, 3.05) is 7.11 Å². The standard InChI is InChI=1S/C7H14O2/c1-7(2,9-3)5-4-6-8/h6H,4-5H2,1-3H3. The van der Waals surface area contributed by atoms with E-state index in [1.165, 1.54) is 0 Å². The molecule has 54 valence electrons. The van der Waals surface area contributed by atoms with Crippen molar-refractivity contribution in [3.8, 4) is 0 Å². The van der Waals surface area contributed by atoms with Crippen molar-refractivity contribution in [1.29, 1.82) is 0 Å². The Morgan fingerprint density at radius 3 is 2.44 bits per heavy atom. The van der Waals surface area contributed by atoms with Crippen molar-refractivity contribution in [1.82, 2.24) is 0 Å². The van der Waals surface area contributed by atoms with E-state index in [2.05, 4.69) is 0 Å². The summed E-state index contributed by atoms with van der Waals surface area (Å²) in [6.45, 7) is 3.94. The van der Waals surface area contributed by atoms with Crippen molar-refractivity contribution in [2.45, 2.75) is 32.3 Å². The van der Waals surface area contributed by atoms with Gasteiger partial charge in [-0.1, -0.05) is 0 Å². The van der Waals surface area contributed by atoms with Crippen molar-refractivity contribution in [3.05, 3.63) is 0 Å². The SMILES string of the molecule is COC(C)(C)CCC=O. The van der Waals surface area contributed by atoms with Crippen molar-refractivity contribution in [3.63, 3.8) is 0 Å². The Morgan fingerprint density at radius 2 is 2.11 bits per heavy atom. The van der Waals surface area contributed by atoms with E-state index in [4.69, 9.17) is 4.74 Å². The van der Waals surface area contributed by atoms with Gasteiger partial charge in [0.1, 0.15) is 6.29 Å². The van der Waals surface area contributed by atoms with Gasteiger partial charge in [-0.15, -0.1) is 0 Å². The van der Waals surface area contributed by atoms with Gasteiger partial charge in [-0.3, -0.25) is 0 Å². The van der Waals surface area contributed by atoms with Crippen LogP contribution < -0.4 is 0 Å². The molecule has 0 bridgehead atoms. The number of rotatable bonds is 4. The molecule has 2 nitrogen and oxygen atoms in total. The van der Waals surface area contributed by atoms with Gasteiger partial charge < -0.3 is 9.53 Å². The number of methoxy groups -OCH3 is 1. The smallest absolute Gasteiger partial charge is 0.120 e. The van der Waals surface area contributed by atoms with E-state index < -0.39 is 0 Å². The van der Waals surface area contributed by atoms with Crippen LogP contribution in [-0.4, -0.2) is 19.0 Å². The van der Waals surface area contributed by atoms with Crippen molar-refractivity contribution >= 4 is 6.29 Å². The fourth-order valence-electron chi connectivity index (χ4n) is 0.509. The average Bonchev–Trinajstić information content (AvgIpc) is 1.84. The van der Waals surface area contributed by atoms with E-state index in [9.17, 15) is 4.79 Å². The molecule has 0 radical (unpaired) electrons. The molecule has 0 rings (SSSR count). The lowest BCUT2D eigenvalue weighted by Gasteiger charge is -2.20. The minimum Gasteiger partial charge on any atom is -0.379 e. The zero-order valence-electron chi connectivity index (χ0n) is 6.31. The molecule has 0 unspecified atom stereocenters. The first-order valence-electron chi connectivity index (χ1n) is 3.11. The fourth-order valence-corrected chi connectivity index (χ4v) is 0.509. The number of hydrogen-bond donors (Lipinski definition) is 0. The van der Waals surface area contributed by atoms with Crippen molar-refractivity contribution < 1.29 is 9.53 Å². The van der Waals surface area contributed by atoms with E-state index in [0.717, 1.165) is 12.7 Å². The van der Waals surface area contributed by atoms with Crippen LogP contribution >= 0.6 is 0 Å². The third-order valence-corrected chi connectivity index (χ3v) is 1.42. The van der Waals surface area contributed by atoms with Gasteiger partial charge in [-0.2, -0.15) is 0 Å². The highest BCUT2D eigenvalue weighted by molar-refractivity contribution is 5.49. The van der Waals surface area contributed by atoms with Gasteiger partial charge in [0.25, 0.3) is 0 Å². The maximum Gasteiger partial charge on any atom is 0.120 e. The van der Waals surface area contributed by atoms with Crippen LogP contribution in [0.5, 0.6) is 0 Å². The maximum absolute atomic E-state index is 9.91. The minimum atomic E-state index is -0.138. The molecular formula is C7H14O2. The first-order valence-corrected chi connectivity index (χ1v) is 3.11. The van der Waals surface area contributed by atoms with E-state index in [-0.39, 0.29) is 5.60 Å². The van der Waals surface area contributed by atoms with Crippen molar-refractivity contribution in [2.24, 2.45) is 0 Å². The molecule has 0 aliphatic carbocycles. The highest BCUT2D eigenvalue weighted by Gasteiger charge is 2.14. The first-order chi connectivity index (χ1) is 4.12. The third-order valence-electron chi connectivity index (χ3n) is 1.42. The molecule has 0 saturated heterocycles. The second-order valence-electron chi connectivity index (χ2n) is 2.67. The highest BCUT2D eigenvalue weighted by atomic mass is 16.5. The second kappa shape index (κ2) is 3.62. The molecule has 9 heavy (non-hydrogen) atoms. The molecule has 0 aromatic heterocycles. The van der Waals surface area contributed by atoms with Gasteiger partial charge in [0.2, 0.25) is 0 Å². The fraction of sp³-hybridized carbons (Fsp3) is 0.857. The van der Waals surface area contributed by atoms with Gasteiger partial charge >= 0.3 is 0 Å². The molecule has 0 aliphatic rings. The van der Waals surface area contributed by atoms with Crippen LogP contribution in [0.4, 0.5) is 0 Å². The summed E-state index contributed by atoms with van der Waals surface area (Å²) in [5.74, 6) is 0. The van der Waals surface area contributed by atoms with Gasteiger partial charge in [0.15, 0.2) is 0 Å². The summed E-state index contributed by atoms with van der Waals surface area (Å²) in [4.78, 5) is 9.91. The summed E-state index contributed by atoms with van der Waals surface area (Å²) in [5.41, 5.74) is -0.138. The number of ether oxygens (including phenoxy) is 1. The third kappa shape index (κ3) is 4.15. The minimum absolute atomic E-state index is 0.138. The predicted octanol–water partition coefficient (Wildman–Crippen LogP) is 1.39. The molecule has 0 spiro atoms. The number of hydrogen-bond acceptors (Lipinski definition) is 2. The lowest BCUT2D eigenvalue weighted by molar-refractivity contribution is -0.109. The van der Waals surface area contributed by atoms with E-state index in [1.807, 2.05) is 13.8 Å². The molecule has 0 saturated carbocycles. The first kappa shape index (κ1) is 8.63. The van der Waals surface area contributed by atoms with Crippen LogP contribution in [-0.2, 0) is 9.53 Å². The zero-order chi connectivity index (χ0) is 7.33. The molecule has 0 atom stereocenters. The second-order valence-corrected chi connectivity index (χ2v) is 2.67. The lowest BCUT2D eigenvalue weighted by Crippen LogP contribution is -2.21. The molecule has 0 aliphatic heterocycles. The Hall–Kier alpha value is -0.370.